The molecule has 2 rings (SSSR count). The molecule has 0 aliphatic heterocycles. The van der Waals surface area contributed by atoms with Crippen LogP contribution in [0.2, 0.25) is 0 Å². The topological polar surface area (TPSA) is 119 Å². The Kier molecular flexibility index (Phi) is 6.08. The Morgan fingerprint density at radius 2 is 1.71 bits per heavy atom. The number of aliphatic hydroxyl groups excluding tert-OH is 1. The average molecular weight is 337 g/mol. The molecular weight excluding hydrogens is 314 g/mol. The molecule has 1 saturated carbocycles. The summed E-state index contributed by atoms with van der Waals surface area (Å²) in [5.41, 5.74) is -0.225. The van der Waals surface area contributed by atoms with Gasteiger partial charge in [-0.3, -0.25) is 20.2 Å². The highest BCUT2D eigenvalue weighted by atomic mass is 16.6. The summed E-state index contributed by atoms with van der Waals surface area (Å²) in [7, 11) is 0. The fraction of sp³-hybridized carbons (Fsp3) is 0.625. The van der Waals surface area contributed by atoms with Crippen LogP contribution in [0.1, 0.15) is 56.1 Å². The summed E-state index contributed by atoms with van der Waals surface area (Å²) in [4.78, 5) is 21.7. The lowest BCUT2D eigenvalue weighted by atomic mass is 9.95. The highest BCUT2D eigenvalue weighted by molar-refractivity contribution is 5.78. The van der Waals surface area contributed by atoms with Gasteiger partial charge in [0.15, 0.2) is 5.69 Å². The van der Waals surface area contributed by atoms with E-state index >= 15 is 0 Å². The zero-order chi connectivity index (χ0) is 17.7. The molecule has 1 aromatic rings. The minimum Gasteiger partial charge on any atom is -0.392 e. The van der Waals surface area contributed by atoms with Crippen LogP contribution in [0.25, 0.3) is 0 Å². The van der Waals surface area contributed by atoms with E-state index < -0.39 is 16.5 Å². The first kappa shape index (κ1) is 18.1. The third kappa shape index (κ3) is 4.00. The van der Waals surface area contributed by atoms with E-state index in [0.29, 0.717) is 0 Å². The summed E-state index contributed by atoms with van der Waals surface area (Å²) in [5.74, 6) is 0. The first-order valence-electron chi connectivity index (χ1n) is 8.28. The van der Waals surface area contributed by atoms with Crippen molar-refractivity contribution in [3.05, 3.63) is 37.4 Å². The minimum atomic E-state index is -0.628. The molecule has 0 saturated heterocycles. The van der Waals surface area contributed by atoms with Crippen LogP contribution in [-0.4, -0.2) is 21.0 Å². The van der Waals surface area contributed by atoms with Crippen LogP contribution >= 0.6 is 0 Å². The number of nitro benzene ring substituents is 2. The lowest BCUT2D eigenvalue weighted by Crippen LogP contribution is -2.22. The van der Waals surface area contributed by atoms with Gasteiger partial charge in [-0.15, -0.1) is 0 Å². The Morgan fingerprint density at radius 3 is 2.21 bits per heavy atom. The maximum Gasteiger partial charge on any atom is 0.302 e. The molecule has 1 aromatic carbocycles. The largest absolute Gasteiger partial charge is 0.392 e. The van der Waals surface area contributed by atoms with E-state index in [4.69, 9.17) is 0 Å². The molecule has 0 heterocycles. The molecule has 0 atom stereocenters. The van der Waals surface area contributed by atoms with E-state index in [9.17, 15) is 25.3 Å². The number of anilines is 1. The quantitative estimate of drug-likeness (QED) is 0.622. The van der Waals surface area contributed by atoms with E-state index in [1.54, 1.807) is 0 Å². The van der Waals surface area contributed by atoms with Crippen molar-refractivity contribution >= 4 is 17.1 Å². The van der Waals surface area contributed by atoms with Crippen molar-refractivity contribution in [2.75, 3.05) is 5.32 Å². The number of rotatable bonds is 5. The summed E-state index contributed by atoms with van der Waals surface area (Å²) >= 11 is 0. The molecule has 1 fully saturated rings. The maximum atomic E-state index is 11.5. The van der Waals surface area contributed by atoms with E-state index in [1.165, 1.54) is 19.4 Å². The lowest BCUT2D eigenvalue weighted by Gasteiger charge is -2.22. The molecule has 24 heavy (non-hydrogen) atoms. The van der Waals surface area contributed by atoms with E-state index in [1.807, 2.05) is 0 Å². The lowest BCUT2D eigenvalue weighted by molar-refractivity contribution is -0.392. The summed E-state index contributed by atoms with van der Waals surface area (Å²) in [5, 5.41) is 35.3. The predicted octanol–water partition coefficient (Wildman–Crippen LogP) is 3.83. The Bertz CT molecular complexity index is 625. The van der Waals surface area contributed by atoms with Crippen molar-refractivity contribution in [2.45, 2.75) is 64.5 Å². The summed E-state index contributed by atoms with van der Waals surface area (Å²) in [6, 6.07) is 1.22. The first-order valence-corrected chi connectivity index (χ1v) is 8.28. The number of hydrogen-bond donors (Lipinski definition) is 2. The molecule has 8 nitrogen and oxygen atoms in total. The molecule has 0 amide bonds. The molecule has 2 N–H and O–H groups in total. The van der Waals surface area contributed by atoms with Crippen LogP contribution in [0.4, 0.5) is 17.1 Å². The SMILES string of the molecule is Cc1c(CO)cc([N+](=O)[O-])c(NC2CCCCCCC2)c1[N+](=O)[O-]. The fourth-order valence-electron chi connectivity index (χ4n) is 3.29. The molecule has 1 aliphatic rings. The molecule has 8 heteroatoms. The van der Waals surface area contributed by atoms with Crippen molar-refractivity contribution in [1.29, 1.82) is 0 Å². The standard InChI is InChI=1S/C16H23N3O5/c1-11-12(10-20)9-14(18(21)22)15(16(11)19(23)24)17-13-7-5-3-2-4-6-8-13/h9,13,17,20H,2-8,10H2,1H3. The van der Waals surface area contributed by atoms with Crippen LogP contribution in [0.3, 0.4) is 0 Å². The van der Waals surface area contributed by atoms with Crippen molar-refractivity contribution in [1.82, 2.24) is 0 Å². The van der Waals surface area contributed by atoms with Crippen LogP contribution in [0, 0.1) is 27.2 Å². The van der Waals surface area contributed by atoms with Gasteiger partial charge in [0, 0.05) is 17.7 Å². The third-order valence-corrected chi connectivity index (χ3v) is 4.64. The smallest absolute Gasteiger partial charge is 0.302 e. The zero-order valence-corrected chi connectivity index (χ0v) is 13.8. The summed E-state index contributed by atoms with van der Waals surface area (Å²) < 4.78 is 0. The number of aliphatic hydroxyl groups is 1. The van der Waals surface area contributed by atoms with E-state index in [2.05, 4.69) is 5.32 Å². The van der Waals surface area contributed by atoms with Crippen LogP contribution in [-0.2, 0) is 6.61 Å². The van der Waals surface area contributed by atoms with Gasteiger partial charge in [0.25, 0.3) is 5.69 Å². The predicted molar refractivity (Wildman–Crippen MR) is 90.1 cm³/mol. The second-order valence-corrected chi connectivity index (χ2v) is 6.26. The highest BCUT2D eigenvalue weighted by Crippen LogP contribution is 2.40. The van der Waals surface area contributed by atoms with Crippen LogP contribution in [0.5, 0.6) is 0 Å². The van der Waals surface area contributed by atoms with Crippen LogP contribution in [0.15, 0.2) is 6.07 Å². The highest BCUT2D eigenvalue weighted by Gasteiger charge is 2.31. The van der Waals surface area contributed by atoms with Gasteiger partial charge in [-0.05, 0) is 25.3 Å². The molecule has 0 aromatic heterocycles. The van der Waals surface area contributed by atoms with Gasteiger partial charge < -0.3 is 10.4 Å². The molecule has 0 spiro atoms. The number of nitrogens with zero attached hydrogens (tertiary/aromatic N) is 2. The number of benzene rings is 1. The Balaban J connectivity index is 2.46. The summed E-state index contributed by atoms with van der Waals surface area (Å²) in [6.07, 6.45) is 7.12. The third-order valence-electron chi connectivity index (χ3n) is 4.64. The van der Waals surface area contributed by atoms with Gasteiger partial charge in [-0.2, -0.15) is 0 Å². The molecule has 0 radical (unpaired) electrons. The molecule has 1 aliphatic carbocycles. The number of hydrogen-bond acceptors (Lipinski definition) is 6. The van der Waals surface area contributed by atoms with Gasteiger partial charge in [0.1, 0.15) is 0 Å². The molecule has 0 unspecified atom stereocenters. The van der Waals surface area contributed by atoms with Crippen LogP contribution < -0.4 is 5.32 Å². The second-order valence-electron chi connectivity index (χ2n) is 6.26. The zero-order valence-electron chi connectivity index (χ0n) is 13.8. The van der Waals surface area contributed by atoms with Gasteiger partial charge in [0.2, 0.25) is 0 Å². The van der Waals surface area contributed by atoms with E-state index in [-0.39, 0.29) is 34.2 Å². The molecule has 132 valence electrons. The monoisotopic (exact) mass is 337 g/mol. The fourth-order valence-corrected chi connectivity index (χ4v) is 3.29. The second kappa shape index (κ2) is 8.05. The van der Waals surface area contributed by atoms with Crippen molar-refractivity contribution in [2.24, 2.45) is 0 Å². The van der Waals surface area contributed by atoms with Gasteiger partial charge in [-0.1, -0.05) is 32.1 Å². The molecule has 0 bridgehead atoms. The summed E-state index contributed by atoms with van der Waals surface area (Å²) in [6.45, 7) is 1.04. The van der Waals surface area contributed by atoms with E-state index in [0.717, 1.165) is 38.5 Å². The van der Waals surface area contributed by atoms with Crippen molar-refractivity contribution < 1.29 is 15.0 Å². The van der Waals surface area contributed by atoms with Crippen molar-refractivity contribution in [3.8, 4) is 0 Å². The molecular formula is C16H23N3O5. The Labute approximate surface area is 140 Å². The number of nitrogens with one attached hydrogen (secondary N) is 1. The first-order chi connectivity index (χ1) is 11.5. The van der Waals surface area contributed by atoms with Gasteiger partial charge >= 0.3 is 5.69 Å². The normalized spacial score (nSPS) is 16.2. The maximum absolute atomic E-state index is 11.5. The van der Waals surface area contributed by atoms with Gasteiger partial charge in [-0.25, -0.2) is 0 Å². The minimum absolute atomic E-state index is 0.0120. The Hall–Kier alpha value is -2.22. The Morgan fingerprint density at radius 1 is 1.12 bits per heavy atom. The van der Waals surface area contributed by atoms with Crippen molar-refractivity contribution in [3.63, 3.8) is 0 Å². The number of nitro groups is 2. The van der Waals surface area contributed by atoms with Gasteiger partial charge in [0.05, 0.1) is 16.5 Å². The average Bonchev–Trinajstić information content (AvgIpc) is 2.49.